The summed E-state index contributed by atoms with van der Waals surface area (Å²) in [4.78, 5) is 51.0. The molecule has 2 saturated heterocycles. The molecule has 1 unspecified atom stereocenters. The summed E-state index contributed by atoms with van der Waals surface area (Å²) in [6.45, 7) is 15.4. The van der Waals surface area contributed by atoms with Gasteiger partial charge in [-0.25, -0.2) is 9.78 Å². The maximum absolute atomic E-state index is 14.1. The van der Waals surface area contributed by atoms with Gasteiger partial charge >= 0.3 is 6.09 Å². The van der Waals surface area contributed by atoms with Crippen LogP contribution in [-0.4, -0.2) is 93.9 Å². The highest BCUT2D eigenvalue weighted by Crippen LogP contribution is 2.34. The molecule has 4 heterocycles. The highest BCUT2D eigenvalue weighted by molar-refractivity contribution is 7.13. The van der Waals surface area contributed by atoms with E-state index < -0.39 is 23.7 Å². The van der Waals surface area contributed by atoms with Gasteiger partial charge in [0.25, 0.3) is 0 Å². The number of β-amino-alcohol motifs (C(OH)–C–C–N with tert-alkyl or cyclic N) is 1. The molecule has 272 valence electrons. The quantitative estimate of drug-likeness (QED) is 0.269. The molecule has 2 N–H and O–H groups in total. The summed E-state index contributed by atoms with van der Waals surface area (Å²) in [5, 5.41) is 18.0. The molecule has 4 atom stereocenters. The Morgan fingerprint density at radius 2 is 1.82 bits per heavy atom. The average Bonchev–Trinajstić information content (AvgIpc) is 3.80. The lowest BCUT2D eigenvalue weighted by molar-refractivity contribution is -0.141. The van der Waals surface area contributed by atoms with Crippen LogP contribution < -0.4 is 10.2 Å². The number of anilines is 1. The van der Waals surface area contributed by atoms with E-state index in [2.05, 4.69) is 15.5 Å². The fourth-order valence-corrected chi connectivity index (χ4v) is 7.64. The second-order valence-electron chi connectivity index (χ2n) is 15.1. The van der Waals surface area contributed by atoms with Crippen molar-refractivity contribution in [2.24, 2.45) is 11.8 Å². The highest BCUT2D eigenvalue weighted by Gasteiger charge is 2.43. The molecule has 50 heavy (non-hydrogen) atoms. The first-order valence-electron chi connectivity index (χ1n) is 17.6. The lowest BCUT2D eigenvalue weighted by atomic mass is 9.91. The lowest BCUT2D eigenvalue weighted by Crippen LogP contribution is -2.48. The van der Waals surface area contributed by atoms with Crippen molar-refractivity contribution in [3.05, 3.63) is 52.9 Å². The number of amides is 3. The fourth-order valence-electron chi connectivity index (χ4n) is 6.83. The number of aliphatic hydroxyl groups excluding tert-OH is 1. The Morgan fingerprint density at radius 1 is 1.14 bits per heavy atom. The number of likely N-dealkylation sites (tertiary alicyclic amines) is 2. The van der Waals surface area contributed by atoms with Crippen LogP contribution in [0.2, 0.25) is 0 Å². The summed E-state index contributed by atoms with van der Waals surface area (Å²) < 4.78 is 11.3. The first-order chi connectivity index (χ1) is 23.6. The van der Waals surface area contributed by atoms with Crippen LogP contribution in [0.3, 0.4) is 0 Å². The summed E-state index contributed by atoms with van der Waals surface area (Å²) in [6.07, 6.45) is 0.771. The predicted octanol–water partition coefficient (Wildman–Crippen LogP) is 5.77. The molecule has 0 spiro atoms. The molecule has 2 aliphatic rings. The molecule has 3 amide bonds. The molecule has 0 radical (unpaired) electrons. The number of carbonyl (C=O) groups excluding carboxylic acids is 3. The Bertz CT molecular complexity index is 1620. The molecule has 13 heteroatoms. The monoisotopic (exact) mass is 708 g/mol. The number of carbonyl (C=O) groups is 3. The van der Waals surface area contributed by atoms with Crippen molar-refractivity contribution in [2.75, 3.05) is 38.1 Å². The average molecular weight is 709 g/mol. The lowest BCUT2D eigenvalue weighted by Gasteiger charge is -2.34. The van der Waals surface area contributed by atoms with Crippen LogP contribution in [0, 0.1) is 18.8 Å². The number of rotatable bonds is 10. The summed E-state index contributed by atoms with van der Waals surface area (Å²) in [6, 6.07) is 8.74. The van der Waals surface area contributed by atoms with Crippen molar-refractivity contribution in [3.63, 3.8) is 0 Å². The molecule has 0 aliphatic carbocycles. The van der Waals surface area contributed by atoms with Crippen molar-refractivity contribution in [2.45, 2.75) is 97.4 Å². The second-order valence-corrected chi connectivity index (χ2v) is 16.0. The molecule has 0 bridgehead atoms. The number of hydrogen-bond acceptors (Lipinski definition) is 10. The number of piperidine rings is 1. The van der Waals surface area contributed by atoms with Crippen molar-refractivity contribution in [1.29, 1.82) is 0 Å². The van der Waals surface area contributed by atoms with Gasteiger partial charge in [0.15, 0.2) is 11.6 Å². The van der Waals surface area contributed by atoms with Crippen molar-refractivity contribution >= 4 is 35.1 Å². The van der Waals surface area contributed by atoms with Crippen LogP contribution in [-0.2, 0) is 14.3 Å². The van der Waals surface area contributed by atoms with Gasteiger partial charge in [0.05, 0.1) is 28.2 Å². The molecule has 3 aromatic rings. The van der Waals surface area contributed by atoms with Crippen molar-refractivity contribution < 1.29 is 28.8 Å². The Kier molecular flexibility index (Phi) is 11.6. The fraction of sp³-hybridized carbons (Fsp3) is 0.595. The smallest absolute Gasteiger partial charge is 0.410 e. The number of aryl methyl sites for hydroxylation is 1. The first-order valence-corrected chi connectivity index (χ1v) is 18.4. The number of thiazole rings is 1. The van der Waals surface area contributed by atoms with Gasteiger partial charge in [-0.3, -0.25) is 9.59 Å². The standard InChI is InChI=1S/C37H52N6O6S/c1-22(2)32(30-18-31(40-49-30)41(8)19-25-13-15-42(16-14-25)36(47)48-37(5,6)7)35(46)43-20-28(44)17-29(43)34(45)39-23(3)26-9-11-27(12-10-26)33-24(4)38-21-50-33/h9-12,18,21-23,25,28-29,32,44H,13-17,19-20H2,1-8H3,(H,39,45)/t23-,28+,29-,32?/m0/s1. The summed E-state index contributed by atoms with van der Waals surface area (Å²) >= 11 is 1.59. The number of hydrogen-bond donors (Lipinski definition) is 2. The minimum atomic E-state index is -0.808. The second kappa shape index (κ2) is 15.5. The molecule has 12 nitrogen and oxygen atoms in total. The number of aromatic nitrogens is 2. The van der Waals surface area contributed by atoms with Crippen LogP contribution in [0.5, 0.6) is 0 Å². The van der Waals surface area contributed by atoms with E-state index in [0.29, 0.717) is 30.6 Å². The van der Waals surface area contributed by atoms with E-state index in [1.54, 1.807) is 22.3 Å². The van der Waals surface area contributed by atoms with E-state index >= 15 is 0 Å². The molecule has 1 aromatic carbocycles. The van der Waals surface area contributed by atoms with Gasteiger partial charge in [-0.05, 0) is 70.4 Å². The molecular formula is C37H52N6O6S. The van der Waals surface area contributed by atoms with E-state index in [4.69, 9.17) is 9.26 Å². The Balaban J connectivity index is 1.20. The molecule has 2 aliphatic heterocycles. The Morgan fingerprint density at radius 3 is 2.42 bits per heavy atom. The number of benzene rings is 1. The number of aliphatic hydroxyl groups is 1. The summed E-state index contributed by atoms with van der Waals surface area (Å²) in [7, 11) is 1.94. The van der Waals surface area contributed by atoms with E-state index in [0.717, 1.165) is 41.1 Å². The molecule has 2 fully saturated rings. The molecular weight excluding hydrogens is 657 g/mol. The zero-order chi connectivity index (χ0) is 36.3. The molecule has 5 rings (SSSR count). The maximum atomic E-state index is 14.1. The topological polar surface area (TPSA) is 141 Å². The normalized spacial score (nSPS) is 19.8. The van der Waals surface area contributed by atoms with Gasteiger partial charge < -0.3 is 34.4 Å². The maximum Gasteiger partial charge on any atom is 0.410 e. The third-order valence-electron chi connectivity index (χ3n) is 9.59. The van der Waals surface area contributed by atoms with Crippen LogP contribution in [0.4, 0.5) is 10.6 Å². The van der Waals surface area contributed by atoms with E-state index in [9.17, 15) is 19.5 Å². The van der Waals surface area contributed by atoms with Gasteiger partial charge in [-0.15, -0.1) is 11.3 Å². The number of nitrogens with zero attached hydrogens (tertiary/aromatic N) is 5. The van der Waals surface area contributed by atoms with Gasteiger partial charge in [-0.2, -0.15) is 0 Å². The first kappa shape index (κ1) is 37.3. The summed E-state index contributed by atoms with van der Waals surface area (Å²) in [5.41, 5.74) is 4.30. The predicted molar refractivity (Wildman–Crippen MR) is 193 cm³/mol. The van der Waals surface area contributed by atoms with E-state index in [1.807, 2.05) is 90.2 Å². The largest absolute Gasteiger partial charge is 0.444 e. The third kappa shape index (κ3) is 8.84. The minimum absolute atomic E-state index is 0.0698. The Hall–Kier alpha value is -3.97. The number of nitrogens with one attached hydrogen (secondary N) is 1. The zero-order valence-electron chi connectivity index (χ0n) is 30.5. The van der Waals surface area contributed by atoms with Gasteiger partial charge in [-0.1, -0.05) is 43.3 Å². The van der Waals surface area contributed by atoms with Gasteiger partial charge in [0, 0.05) is 45.7 Å². The highest BCUT2D eigenvalue weighted by atomic mass is 32.1. The third-order valence-corrected chi connectivity index (χ3v) is 10.6. The summed E-state index contributed by atoms with van der Waals surface area (Å²) in [5.74, 6) is 0.00581. The van der Waals surface area contributed by atoms with Crippen LogP contribution in [0.1, 0.15) is 89.8 Å². The van der Waals surface area contributed by atoms with Gasteiger partial charge in [0.1, 0.15) is 17.6 Å². The SMILES string of the molecule is Cc1ncsc1-c1ccc([C@H](C)NC(=O)[C@@H]2C[C@@H](O)CN2C(=O)C(c2cc(N(C)CC3CCN(C(=O)OC(C)(C)C)CC3)no2)C(C)C)cc1. The van der Waals surface area contributed by atoms with E-state index in [1.165, 1.54) is 4.90 Å². The van der Waals surface area contributed by atoms with Crippen LogP contribution in [0.15, 0.2) is 40.4 Å². The van der Waals surface area contributed by atoms with Crippen LogP contribution >= 0.6 is 11.3 Å². The zero-order valence-corrected chi connectivity index (χ0v) is 31.3. The number of ether oxygens (including phenoxy) is 1. The van der Waals surface area contributed by atoms with Crippen LogP contribution in [0.25, 0.3) is 10.4 Å². The molecule has 0 saturated carbocycles. The van der Waals surface area contributed by atoms with Gasteiger partial charge in [0.2, 0.25) is 11.8 Å². The van der Waals surface area contributed by atoms with Crippen molar-refractivity contribution in [3.8, 4) is 10.4 Å². The van der Waals surface area contributed by atoms with E-state index in [-0.39, 0.29) is 42.8 Å². The minimum Gasteiger partial charge on any atom is -0.444 e. The van der Waals surface area contributed by atoms with Crippen molar-refractivity contribution in [1.82, 2.24) is 25.3 Å². The molecule has 2 aromatic heterocycles. The Labute approximate surface area is 299 Å².